The zero-order valence-corrected chi connectivity index (χ0v) is 12.2. The highest BCUT2D eigenvalue weighted by Gasteiger charge is 2.04. The van der Waals surface area contributed by atoms with Gasteiger partial charge in [-0.15, -0.1) is 0 Å². The van der Waals surface area contributed by atoms with Crippen LogP contribution in [-0.2, 0) is 6.42 Å². The highest BCUT2D eigenvalue weighted by molar-refractivity contribution is 5.89. The Morgan fingerprint density at radius 1 is 1.21 bits per heavy atom. The van der Waals surface area contributed by atoms with E-state index in [2.05, 4.69) is 36.7 Å². The van der Waals surface area contributed by atoms with Crippen LogP contribution in [-0.4, -0.2) is 19.1 Å². The quantitative estimate of drug-likeness (QED) is 0.658. The molecule has 0 aromatic heterocycles. The fourth-order valence-corrected chi connectivity index (χ4v) is 1.88. The molecule has 0 saturated carbocycles. The number of anilines is 2. The van der Waals surface area contributed by atoms with Crippen molar-refractivity contribution in [2.45, 2.75) is 40.0 Å². The van der Waals surface area contributed by atoms with Gasteiger partial charge >= 0.3 is 6.03 Å². The van der Waals surface area contributed by atoms with E-state index in [9.17, 15) is 4.79 Å². The summed E-state index contributed by atoms with van der Waals surface area (Å²) >= 11 is 0. The van der Waals surface area contributed by atoms with Crippen LogP contribution in [0.5, 0.6) is 0 Å². The molecule has 2 amide bonds. The van der Waals surface area contributed by atoms with E-state index in [1.165, 1.54) is 5.56 Å². The number of benzene rings is 1. The van der Waals surface area contributed by atoms with E-state index in [0.29, 0.717) is 0 Å². The number of amides is 2. The van der Waals surface area contributed by atoms with Gasteiger partial charge in [0.2, 0.25) is 0 Å². The van der Waals surface area contributed by atoms with Crippen LogP contribution < -0.4 is 16.0 Å². The number of aryl methyl sites for hydroxylation is 1. The first kappa shape index (κ1) is 15.3. The molecule has 19 heavy (non-hydrogen) atoms. The number of rotatable bonds is 7. The van der Waals surface area contributed by atoms with Crippen molar-refractivity contribution < 1.29 is 4.79 Å². The maximum Gasteiger partial charge on any atom is 0.319 e. The van der Waals surface area contributed by atoms with Crippen molar-refractivity contribution in [1.29, 1.82) is 0 Å². The molecule has 0 atom stereocenters. The summed E-state index contributed by atoms with van der Waals surface area (Å²) in [5.41, 5.74) is 3.20. The predicted octanol–water partition coefficient (Wildman–Crippen LogP) is 3.60. The van der Waals surface area contributed by atoms with E-state index in [-0.39, 0.29) is 6.03 Å². The maximum atomic E-state index is 11.7. The summed E-state index contributed by atoms with van der Waals surface area (Å²) < 4.78 is 0. The molecule has 0 radical (unpaired) electrons. The van der Waals surface area contributed by atoms with Gasteiger partial charge in [0.05, 0.1) is 0 Å². The SMILES string of the molecule is CCCCNC(=O)Nc1ccc(NCC)c(CC)c1. The molecule has 1 aromatic carbocycles. The van der Waals surface area contributed by atoms with Crippen molar-refractivity contribution in [2.24, 2.45) is 0 Å². The zero-order chi connectivity index (χ0) is 14.1. The number of carbonyl (C=O) groups excluding carboxylic acids is 1. The van der Waals surface area contributed by atoms with Gasteiger partial charge < -0.3 is 16.0 Å². The fraction of sp³-hybridized carbons (Fsp3) is 0.533. The molecule has 3 N–H and O–H groups in total. The maximum absolute atomic E-state index is 11.7. The Morgan fingerprint density at radius 2 is 2.00 bits per heavy atom. The van der Waals surface area contributed by atoms with Crippen molar-refractivity contribution in [2.75, 3.05) is 23.7 Å². The molecule has 1 rings (SSSR count). The van der Waals surface area contributed by atoms with Crippen molar-refractivity contribution in [3.8, 4) is 0 Å². The molecule has 0 aliphatic carbocycles. The van der Waals surface area contributed by atoms with Crippen LogP contribution in [0.2, 0.25) is 0 Å². The smallest absolute Gasteiger partial charge is 0.319 e. The molecule has 1 aromatic rings. The highest BCUT2D eigenvalue weighted by Crippen LogP contribution is 2.21. The van der Waals surface area contributed by atoms with E-state index in [1.54, 1.807) is 0 Å². The number of urea groups is 1. The fourth-order valence-electron chi connectivity index (χ4n) is 1.88. The van der Waals surface area contributed by atoms with E-state index in [0.717, 1.165) is 43.7 Å². The van der Waals surface area contributed by atoms with Crippen LogP contribution in [0.4, 0.5) is 16.2 Å². The standard InChI is InChI=1S/C15H25N3O/c1-4-7-10-17-15(19)18-13-8-9-14(16-6-3)12(5-2)11-13/h8-9,11,16H,4-7,10H2,1-3H3,(H2,17,18,19). The second-order valence-corrected chi connectivity index (χ2v) is 4.49. The molecule has 0 spiro atoms. The summed E-state index contributed by atoms with van der Waals surface area (Å²) in [4.78, 5) is 11.7. The summed E-state index contributed by atoms with van der Waals surface area (Å²) in [5, 5.41) is 9.03. The van der Waals surface area contributed by atoms with E-state index < -0.39 is 0 Å². The molecule has 0 aliphatic rings. The first-order valence-corrected chi connectivity index (χ1v) is 7.12. The van der Waals surface area contributed by atoms with Gasteiger partial charge in [0, 0.05) is 24.5 Å². The lowest BCUT2D eigenvalue weighted by Gasteiger charge is -2.12. The van der Waals surface area contributed by atoms with Gasteiger partial charge in [-0.1, -0.05) is 20.3 Å². The van der Waals surface area contributed by atoms with Gasteiger partial charge in [-0.2, -0.15) is 0 Å². The summed E-state index contributed by atoms with van der Waals surface area (Å²) in [7, 11) is 0. The molecule has 4 nitrogen and oxygen atoms in total. The Balaban J connectivity index is 2.61. The van der Waals surface area contributed by atoms with Gasteiger partial charge in [-0.25, -0.2) is 4.79 Å². The van der Waals surface area contributed by atoms with Crippen LogP contribution >= 0.6 is 0 Å². The number of nitrogens with one attached hydrogen (secondary N) is 3. The van der Waals surface area contributed by atoms with Gasteiger partial charge in [0.1, 0.15) is 0 Å². The Morgan fingerprint density at radius 3 is 2.63 bits per heavy atom. The van der Waals surface area contributed by atoms with Crippen LogP contribution in [0, 0.1) is 0 Å². The summed E-state index contributed by atoms with van der Waals surface area (Å²) in [6, 6.07) is 5.84. The van der Waals surface area contributed by atoms with Crippen LogP contribution in [0.15, 0.2) is 18.2 Å². The minimum atomic E-state index is -0.133. The van der Waals surface area contributed by atoms with Crippen molar-refractivity contribution in [3.63, 3.8) is 0 Å². The molecule has 106 valence electrons. The summed E-state index contributed by atoms with van der Waals surface area (Å²) in [5.74, 6) is 0. The Labute approximate surface area is 116 Å². The molecule has 0 aliphatic heterocycles. The Bertz CT molecular complexity index is 404. The van der Waals surface area contributed by atoms with E-state index in [4.69, 9.17) is 0 Å². The van der Waals surface area contributed by atoms with Crippen LogP contribution in [0.25, 0.3) is 0 Å². The summed E-state index contributed by atoms with van der Waals surface area (Å²) in [6.45, 7) is 7.91. The topological polar surface area (TPSA) is 53.2 Å². The molecule has 0 heterocycles. The lowest BCUT2D eigenvalue weighted by Crippen LogP contribution is -2.29. The van der Waals surface area contributed by atoms with Crippen LogP contribution in [0.3, 0.4) is 0 Å². The molecule has 0 fully saturated rings. The minimum absolute atomic E-state index is 0.133. The van der Waals surface area contributed by atoms with Crippen molar-refractivity contribution in [1.82, 2.24) is 5.32 Å². The van der Waals surface area contributed by atoms with Gasteiger partial charge in [0.25, 0.3) is 0 Å². The average molecular weight is 263 g/mol. The minimum Gasteiger partial charge on any atom is -0.385 e. The monoisotopic (exact) mass is 263 g/mol. The summed E-state index contributed by atoms with van der Waals surface area (Å²) in [6.07, 6.45) is 3.03. The Hall–Kier alpha value is -1.71. The first-order valence-electron chi connectivity index (χ1n) is 7.12. The molecular weight excluding hydrogens is 238 g/mol. The second-order valence-electron chi connectivity index (χ2n) is 4.49. The predicted molar refractivity (Wildman–Crippen MR) is 81.9 cm³/mol. The number of carbonyl (C=O) groups is 1. The largest absolute Gasteiger partial charge is 0.385 e. The third kappa shape index (κ3) is 5.20. The third-order valence-corrected chi connectivity index (χ3v) is 2.93. The normalized spacial score (nSPS) is 10.1. The van der Waals surface area contributed by atoms with E-state index in [1.807, 2.05) is 18.2 Å². The van der Waals surface area contributed by atoms with Gasteiger partial charge in [0.15, 0.2) is 0 Å². The van der Waals surface area contributed by atoms with Crippen molar-refractivity contribution >= 4 is 17.4 Å². The highest BCUT2D eigenvalue weighted by atomic mass is 16.2. The van der Waals surface area contributed by atoms with Crippen LogP contribution in [0.1, 0.15) is 39.2 Å². The second kappa shape index (κ2) is 8.40. The number of unbranched alkanes of at least 4 members (excludes halogenated alkanes) is 1. The zero-order valence-electron chi connectivity index (χ0n) is 12.2. The molecular formula is C15H25N3O. The third-order valence-electron chi connectivity index (χ3n) is 2.93. The first-order chi connectivity index (χ1) is 9.21. The van der Waals surface area contributed by atoms with Gasteiger partial charge in [-0.3, -0.25) is 0 Å². The van der Waals surface area contributed by atoms with Crippen molar-refractivity contribution in [3.05, 3.63) is 23.8 Å². The van der Waals surface area contributed by atoms with Gasteiger partial charge in [-0.05, 0) is 43.5 Å². The molecule has 0 saturated heterocycles. The molecule has 0 unspecified atom stereocenters. The molecule has 4 heteroatoms. The lowest BCUT2D eigenvalue weighted by atomic mass is 10.1. The Kier molecular flexibility index (Phi) is 6.79. The van der Waals surface area contributed by atoms with E-state index >= 15 is 0 Å². The number of hydrogen-bond acceptors (Lipinski definition) is 2. The lowest BCUT2D eigenvalue weighted by molar-refractivity contribution is 0.252. The average Bonchev–Trinajstić information content (AvgIpc) is 2.41. The number of hydrogen-bond donors (Lipinski definition) is 3. The molecule has 0 bridgehead atoms.